The van der Waals surface area contributed by atoms with E-state index in [9.17, 15) is 5.11 Å². The molecule has 5 nitrogen and oxygen atoms in total. The average molecular weight is 274 g/mol. The van der Waals surface area contributed by atoms with E-state index in [1.54, 1.807) is 0 Å². The quantitative estimate of drug-likeness (QED) is 0.722. The van der Waals surface area contributed by atoms with Gasteiger partial charge in [-0.05, 0) is 25.0 Å². The molecular formula is C15H22N4O. The molecule has 0 saturated carbocycles. The number of nitrogens with one attached hydrogen (secondary N) is 1. The number of anilines is 2. The van der Waals surface area contributed by atoms with Gasteiger partial charge >= 0.3 is 0 Å². The Morgan fingerprint density at radius 2 is 2.05 bits per heavy atom. The van der Waals surface area contributed by atoms with Gasteiger partial charge in [-0.1, -0.05) is 31.9 Å². The first-order valence-corrected chi connectivity index (χ1v) is 7.14. The first-order valence-electron chi connectivity index (χ1n) is 7.14. The van der Waals surface area contributed by atoms with Crippen molar-refractivity contribution in [1.82, 2.24) is 9.97 Å². The Kier molecular flexibility index (Phi) is 5.12. The van der Waals surface area contributed by atoms with Crippen molar-refractivity contribution in [2.24, 2.45) is 0 Å². The van der Waals surface area contributed by atoms with E-state index in [2.05, 4.69) is 22.2 Å². The number of benzene rings is 1. The third-order valence-corrected chi connectivity index (χ3v) is 3.35. The summed E-state index contributed by atoms with van der Waals surface area (Å²) in [6, 6.07) is 8.00. The van der Waals surface area contributed by atoms with E-state index < -0.39 is 0 Å². The van der Waals surface area contributed by atoms with E-state index in [1.165, 1.54) is 0 Å². The van der Waals surface area contributed by atoms with Crippen molar-refractivity contribution in [3.05, 3.63) is 24.3 Å². The highest BCUT2D eigenvalue weighted by Crippen LogP contribution is 2.22. The number of fused-ring (bicyclic) bond motifs is 1. The number of rotatable bonds is 7. The molecule has 0 aliphatic heterocycles. The molecule has 0 bridgehead atoms. The lowest BCUT2D eigenvalue weighted by Crippen LogP contribution is -2.22. The number of para-hydroxylation sites is 1. The van der Waals surface area contributed by atoms with Gasteiger partial charge in [0.1, 0.15) is 5.82 Å². The van der Waals surface area contributed by atoms with Crippen LogP contribution < -0.4 is 11.1 Å². The van der Waals surface area contributed by atoms with E-state index in [4.69, 9.17) is 5.73 Å². The summed E-state index contributed by atoms with van der Waals surface area (Å²) >= 11 is 0. The van der Waals surface area contributed by atoms with Crippen LogP contribution in [0.2, 0.25) is 0 Å². The Labute approximate surface area is 119 Å². The summed E-state index contributed by atoms with van der Waals surface area (Å²) < 4.78 is 0. The van der Waals surface area contributed by atoms with E-state index in [1.807, 2.05) is 24.3 Å². The number of nitrogens with zero attached hydrogens (tertiary/aromatic N) is 2. The number of nitrogens with two attached hydrogens (primary N) is 1. The zero-order chi connectivity index (χ0) is 14.4. The van der Waals surface area contributed by atoms with Crippen LogP contribution in [0.1, 0.15) is 32.6 Å². The minimum Gasteiger partial charge on any atom is -0.396 e. The molecule has 1 aromatic carbocycles. The highest BCUT2D eigenvalue weighted by molar-refractivity contribution is 5.89. The third kappa shape index (κ3) is 3.57. The monoisotopic (exact) mass is 274 g/mol. The van der Waals surface area contributed by atoms with Gasteiger partial charge in [-0.15, -0.1) is 0 Å². The number of hydrogen-bond donors (Lipinski definition) is 3. The van der Waals surface area contributed by atoms with E-state index >= 15 is 0 Å². The van der Waals surface area contributed by atoms with Gasteiger partial charge in [0.15, 0.2) is 0 Å². The fourth-order valence-electron chi connectivity index (χ4n) is 2.29. The largest absolute Gasteiger partial charge is 0.396 e. The molecule has 5 heteroatoms. The fourth-order valence-corrected chi connectivity index (χ4v) is 2.29. The van der Waals surface area contributed by atoms with Crippen molar-refractivity contribution in [3.63, 3.8) is 0 Å². The summed E-state index contributed by atoms with van der Waals surface area (Å²) in [6.45, 7) is 2.33. The van der Waals surface area contributed by atoms with Crippen molar-refractivity contribution in [2.75, 3.05) is 17.7 Å². The molecule has 1 aromatic heterocycles. The Bertz CT molecular complexity index is 559. The normalized spacial score (nSPS) is 12.5. The van der Waals surface area contributed by atoms with Crippen molar-refractivity contribution >= 4 is 22.7 Å². The maximum Gasteiger partial charge on any atom is 0.222 e. The van der Waals surface area contributed by atoms with Crippen molar-refractivity contribution in [1.29, 1.82) is 0 Å². The standard InChI is InChI=1S/C15H22N4O/c1-2-3-6-11(9-10-20)17-14-12-7-4-5-8-13(12)18-15(16)19-14/h4-5,7-8,11,20H,2-3,6,9-10H2,1H3,(H3,16,17,18,19)/t11-/m0/s1. The summed E-state index contributed by atoms with van der Waals surface area (Å²) in [5.74, 6) is 1.02. The predicted molar refractivity (Wildman–Crippen MR) is 82.6 cm³/mol. The van der Waals surface area contributed by atoms with Gasteiger partial charge in [-0.25, -0.2) is 4.98 Å². The first-order chi connectivity index (χ1) is 9.74. The molecule has 0 radical (unpaired) electrons. The van der Waals surface area contributed by atoms with Gasteiger partial charge < -0.3 is 16.2 Å². The summed E-state index contributed by atoms with van der Waals surface area (Å²) in [5, 5.41) is 13.6. The van der Waals surface area contributed by atoms with Crippen LogP contribution in [-0.4, -0.2) is 27.7 Å². The van der Waals surface area contributed by atoms with Crippen molar-refractivity contribution in [3.8, 4) is 0 Å². The molecule has 0 amide bonds. The number of nitrogen functional groups attached to an aromatic ring is 1. The number of unbranched alkanes of at least 4 members (excludes halogenated alkanes) is 1. The fraction of sp³-hybridized carbons (Fsp3) is 0.467. The van der Waals surface area contributed by atoms with Crippen LogP contribution >= 0.6 is 0 Å². The lowest BCUT2D eigenvalue weighted by Gasteiger charge is -2.19. The van der Waals surface area contributed by atoms with Crippen molar-refractivity contribution in [2.45, 2.75) is 38.6 Å². The Morgan fingerprint density at radius 1 is 1.25 bits per heavy atom. The van der Waals surface area contributed by atoms with Crippen LogP contribution in [0.4, 0.5) is 11.8 Å². The molecule has 2 aromatic rings. The molecule has 0 aliphatic carbocycles. The molecule has 0 aliphatic rings. The Balaban J connectivity index is 2.26. The molecule has 0 fully saturated rings. The lowest BCUT2D eigenvalue weighted by atomic mass is 10.1. The van der Waals surface area contributed by atoms with Crippen LogP contribution in [0.15, 0.2) is 24.3 Å². The van der Waals surface area contributed by atoms with E-state index in [-0.39, 0.29) is 18.6 Å². The zero-order valence-corrected chi connectivity index (χ0v) is 11.8. The Hall–Kier alpha value is -1.88. The second-order valence-electron chi connectivity index (χ2n) is 4.94. The smallest absolute Gasteiger partial charge is 0.222 e. The topological polar surface area (TPSA) is 84.1 Å². The number of hydrogen-bond acceptors (Lipinski definition) is 5. The van der Waals surface area contributed by atoms with Crippen molar-refractivity contribution < 1.29 is 5.11 Å². The van der Waals surface area contributed by atoms with Crippen LogP contribution in [0.3, 0.4) is 0 Å². The second-order valence-corrected chi connectivity index (χ2v) is 4.94. The number of aliphatic hydroxyl groups is 1. The van der Waals surface area contributed by atoms with Crippen LogP contribution in [0.25, 0.3) is 10.9 Å². The third-order valence-electron chi connectivity index (χ3n) is 3.35. The van der Waals surface area contributed by atoms with E-state index in [0.717, 1.165) is 36.0 Å². The Morgan fingerprint density at radius 3 is 2.80 bits per heavy atom. The molecule has 108 valence electrons. The number of aromatic nitrogens is 2. The van der Waals surface area contributed by atoms with Gasteiger partial charge in [0.25, 0.3) is 0 Å². The highest BCUT2D eigenvalue weighted by atomic mass is 16.3. The highest BCUT2D eigenvalue weighted by Gasteiger charge is 2.12. The predicted octanol–water partition coefficient (Wildman–Crippen LogP) is 2.57. The minimum atomic E-state index is 0.167. The number of aliphatic hydroxyl groups excluding tert-OH is 1. The molecule has 2 rings (SSSR count). The van der Waals surface area contributed by atoms with Gasteiger partial charge in [0.2, 0.25) is 5.95 Å². The maximum absolute atomic E-state index is 9.18. The minimum absolute atomic E-state index is 0.167. The first kappa shape index (κ1) is 14.5. The van der Waals surface area contributed by atoms with Gasteiger partial charge in [0.05, 0.1) is 5.52 Å². The second kappa shape index (κ2) is 7.05. The van der Waals surface area contributed by atoms with Gasteiger partial charge in [-0.3, -0.25) is 0 Å². The summed E-state index contributed by atoms with van der Waals surface area (Å²) in [7, 11) is 0. The van der Waals surface area contributed by atoms with Crippen LogP contribution in [0, 0.1) is 0 Å². The molecule has 0 spiro atoms. The summed E-state index contributed by atoms with van der Waals surface area (Å²) in [4.78, 5) is 8.53. The molecule has 0 saturated heterocycles. The van der Waals surface area contributed by atoms with Gasteiger partial charge in [0, 0.05) is 18.0 Å². The summed E-state index contributed by atoms with van der Waals surface area (Å²) in [6.07, 6.45) is 3.97. The lowest BCUT2D eigenvalue weighted by molar-refractivity contribution is 0.276. The average Bonchev–Trinajstić information content (AvgIpc) is 2.44. The van der Waals surface area contributed by atoms with E-state index in [0.29, 0.717) is 6.42 Å². The molecule has 1 atom stereocenters. The van der Waals surface area contributed by atoms with Gasteiger partial charge in [-0.2, -0.15) is 4.98 Å². The molecule has 4 N–H and O–H groups in total. The maximum atomic E-state index is 9.18. The summed E-state index contributed by atoms with van der Waals surface area (Å²) in [5.41, 5.74) is 6.60. The molecule has 0 unspecified atom stereocenters. The van der Waals surface area contributed by atoms with Crippen LogP contribution in [-0.2, 0) is 0 Å². The zero-order valence-electron chi connectivity index (χ0n) is 11.8. The molecule has 20 heavy (non-hydrogen) atoms. The molecular weight excluding hydrogens is 252 g/mol. The molecule has 1 heterocycles. The SMILES string of the molecule is CCCC[C@@H](CCO)Nc1nc(N)nc2ccccc12. The van der Waals surface area contributed by atoms with Crippen LogP contribution in [0.5, 0.6) is 0 Å².